The minimum absolute atomic E-state index is 0.0482. The third kappa shape index (κ3) is 5.50. The van der Waals surface area contributed by atoms with E-state index in [0.717, 1.165) is 28.9 Å². The van der Waals surface area contributed by atoms with Crippen LogP contribution in [0.1, 0.15) is 5.56 Å². The first-order valence-electron chi connectivity index (χ1n) is 7.06. The van der Waals surface area contributed by atoms with E-state index < -0.39 is 0 Å². The van der Waals surface area contributed by atoms with Gasteiger partial charge in [-0.2, -0.15) is 0 Å². The number of methoxy groups -OCH3 is 1. The van der Waals surface area contributed by atoms with Crippen LogP contribution in [0, 0.1) is 0 Å². The molecule has 0 bridgehead atoms. The molecule has 1 amide bonds. The molecular formula is C17H19BrN2O2. The summed E-state index contributed by atoms with van der Waals surface area (Å²) in [5, 5.41) is 5.98. The minimum Gasteiger partial charge on any atom is -0.497 e. The van der Waals surface area contributed by atoms with Crippen molar-refractivity contribution in [1.82, 2.24) is 5.32 Å². The third-order valence-electron chi connectivity index (χ3n) is 3.14. The largest absolute Gasteiger partial charge is 0.497 e. The molecular weight excluding hydrogens is 344 g/mol. The van der Waals surface area contributed by atoms with E-state index in [1.807, 2.05) is 48.5 Å². The van der Waals surface area contributed by atoms with Crippen molar-refractivity contribution in [3.05, 3.63) is 58.6 Å². The second kappa shape index (κ2) is 8.56. The molecule has 2 aromatic rings. The van der Waals surface area contributed by atoms with E-state index in [1.54, 1.807) is 7.11 Å². The van der Waals surface area contributed by atoms with Crippen LogP contribution in [-0.2, 0) is 11.2 Å². The fourth-order valence-electron chi connectivity index (χ4n) is 2.00. The van der Waals surface area contributed by atoms with Crippen LogP contribution in [-0.4, -0.2) is 26.1 Å². The first-order valence-corrected chi connectivity index (χ1v) is 7.86. The maximum absolute atomic E-state index is 11.8. The number of carbonyl (C=O) groups is 1. The number of amides is 1. The molecule has 0 aliphatic heterocycles. The predicted molar refractivity (Wildman–Crippen MR) is 92.3 cm³/mol. The van der Waals surface area contributed by atoms with Crippen LogP contribution in [0.4, 0.5) is 5.69 Å². The van der Waals surface area contributed by atoms with Crippen LogP contribution in [0.25, 0.3) is 0 Å². The molecule has 0 unspecified atom stereocenters. The first-order chi connectivity index (χ1) is 10.7. The standard InChI is InChI=1S/C17H19BrN2O2/c1-22-16-4-2-3-13(11-16)9-10-19-12-17(21)20-15-7-5-14(18)6-8-15/h2-8,11,19H,9-10,12H2,1H3,(H,20,21). The van der Waals surface area contributed by atoms with Crippen LogP contribution in [0.2, 0.25) is 0 Å². The zero-order valence-electron chi connectivity index (χ0n) is 12.4. The third-order valence-corrected chi connectivity index (χ3v) is 3.67. The molecule has 2 N–H and O–H groups in total. The molecule has 0 heterocycles. The smallest absolute Gasteiger partial charge is 0.238 e. The molecule has 116 valence electrons. The van der Waals surface area contributed by atoms with Crippen LogP contribution in [0.15, 0.2) is 53.0 Å². The normalized spacial score (nSPS) is 10.3. The van der Waals surface area contributed by atoms with Gasteiger partial charge in [0.25, 0.3) is 0 Å². The van der Waals surface area contributed by atoms with E-state index in [4.69, 9.17) is 4.74 Å². The van der Waals surface area contributed by atoms with Crippen LogP contribution < -0.4 is 15.4 Å². The molecule has 5 heteroatoms. The Morgan fingerprint density at radius 2 is 1.95 bits per heavy atom. The van der Waals surface area contributed by atoms with Crippen LogP contribution in [0.5, 0.6) is 5.75 Å². The monoisotopic (exact) mass is 362 g/mol. The van der Waals surface area contributed by atoms with Gasteiger partial charge < -0.3 is 15.4 Å². The molecule has 2 aromatic carbocycles. The molecule has 2 rings (SSSR count). The maximum Gasteiger partial charge on any atom is 0.238 e. The van der Waals surface area contributed by atoms with Gasteiger partial charge in [0.1, 0.15) is 5.75 Å². The summed E-state index contributed by atoms with van der Waals surface area (Å²) in [7, 11) is 1.66. The Bertz CT molecular complexity index is 614. The highest BCUT2D eigenvalue weighted by Crippen LogP contribution is 2.14. The van der Waals surface area contributed by atoms with E-state index in [2.05, 4.69) is 26.6 Å². The van der Waals surface area contributed by atoms with Gasteiger partial charge in [-0.05, 0) is 54.9 Å². The summed E-state index contributed by atoms with van der Waals surface area (Å²) < 4.78 is 6.17. The van der Waals surface area contributed by atoms with E-state index >= 15 is 0 Å². The zero-order valence-corrected chi connectivity index (χ0v) is 14.0. The number of hydrogen-bond donors (Lipinski definition) is 2. The lowest BCUT2D eigenvalue weighted by Gasteiger charge is -2.08. The molecule has 0 aliphatic carbocycles. The summed E-state index contributed by atoms with van der Waals surface area (Å²) in [5.41, 5.74) is 1.97. The molecule has 22 heavy (non-hydrogen) atoms. The Labute approximate surface area is 139 Å². The number of nitrogens with one attached hydrogen (secondary N) is 2. The fraction of sp³-hybridized carbons (Fsp3) is 0.235. The number of rotatable bonds is 7. The maximum atomic E-state index is 11.8. The number of hydrogen-bond acceptors (Lipinski definition) is 3. The molecule has 0 atom stereocenters. The Morgan fingerprint density at radius 3 is 2.68 bits per heavy atom. The summed E-state index contributed by atoms with van der Waals surface area (Å²) in [6.45, 7) is 1.03. The summed E-state index contributed by atoms with van der Waals surface area (Å²) in [6, 6.07) is 15.4. The van der Waals surface area contributed by atoms with Crippen molar-refractivity contribution in [2.24, 2.45) is 0 Å². The lowest BCUT2D eigenvalue weighted by Crippen LogP contribution is -2.29. The minimum atomic E-state index is -0.0482. The molecule has 0 saturated heterocycles. The summed E-state index contributed by atoms with van der Waals surface area (Å²) >= 11 is 3.36. The Hall–Kier alpha value is -1.85. The van der Waals surface area contributed by atoms with Gasteiger partial charge in [-0.15, -0.1) is 0 Å². The van der Waals surface area contributed by atoms with E-state index in [-0.39, 0.29) is 5.91 Å². The summed E-state index contributed by atoms with van der Waals surface area (Å²) in [5.74, 6) is 0.804. The molecule has 0 saturated carbocycles. The fourth-order valence-corrected chi connectivity index (χ4v) is 2.27. The van der Waals surface area contributed by atoms with Gasteiger partial charge in [-0.1, -0.05) is 28.1 Å². The van der Waals surface area contributed by atoms with E-state index in [1.165, 1.54) is 5.56 Å². The molecule has 0 fully saturated rings. The van der Waals surface area contributed by atoms with Crippen molar-refractivity contribution in [1.29, 1.82) is 0 Å². The second-order valence-electron chi connectivity index (χ2n) is 4.83. The number of halogens is 1. The lowest BCUT2D eigenvalue weighted by atomic mass is 10.1. The average Bonchev–Trinajstić information content (AvgIpc) is 2.54. The van der Waals surface area contributed by atoms with Crippen molar-refractivity contribution in [3.63, 3.8) is 0 Å². The van der Waals surface area contributed by atoms with Gasteiger partial charge in [0.15, 0.2) is 0 Å². The summed E-state index contributed by atoms with van der Waals surface area (Å²) in [6.07, 6.45) is 0.850. The first kappa shape index (κ1) is 16.5. The van der Waals surface area contributed by atoms with Gasteiger partial charge in [0.05, 0.1) is 13.7 Å². The average molecular weight is 363 g/mol. The lowest BCUT2D eigenvalue weighted by molar-refractivity contribution is -0.115. The highest BCUT2D eigenvalue weighted by molar-refractivity contribution is 9.10. The zero-order chi connectivity index (χ0) is 15.8. The molecule has 4 nitrogen and oxygen atoms in total. The topological polar surface area (TPSA) is 50.4 Å². The Kier molecular flexibility index (Phi) is 6.43. The molecule has 0 spiro atoms. The molecule has 0 aromatic heterocycles. The highest BCUT2D eigenvalue weighted by Gasteiger charge is 2.02. The Morgan fingerprint density at radius 1 is 1.18 bits per heavy atom. The van der Waals surface area contributed by atoms with Crippen molar-refractivity contribution >= 4 is 27.5 Å². The predicted octanol–water partition coefficient (Wildman–Crippen LogP) is 3.23. The van der Waals surface area contributed by atoms with Crippen molar-refractivity contribution in [2.75, 3.05) is 25.5 Å². The second-order valence-corrected chi connectivity index (χ2v) is 5.75. The van der Waals surface area contributed by atoms with Gasteiger partial charge in [-0.3, -0.25) is 4.79 Å². The molecule has 0 radical (unpaired) electrons. The SMILES string of the molecule is COc1cccc(CCNCC(=O)Nc2ccc(Br)cc2)c1. The van der Waals surface area contributed by atoms with Crippen LogP contribution >= 0.6 is 15.9 Å². The number of benzene rings is 2. The van der Waals surface area contributed by atoms with E-state index in [9.17, 15) is 4.79 Å². The molecule has 0 aliphatic rings. The van der Waals surface area contributed by atoms with Crippen molar-refractivity contribution < 1.29 is 9.53 Å². The van der Waals surface area contributed by atoms with Gasteiger partial charge >= 0.3 is 0 Å². The number of ether oxygens (including phenoxy) is 1. The van der Waals surface area contributed by atoms with Crippen molar-refractivity contribution in [2.45, 2.75) is 6.42 Å². The van der Waals surface area contributed by atoms with Gasteiger partial charge in [0.2, 0.25) is 5.91 Å². The van der Waals surface area contributed by atoms with Gasteiger partial charge in [-0.25, -0.2) is 0 Å². The van der Waals surface area contributed by atoms with Crippen LogP contribution in [0.3, 0.4) is 0 Å². The number of anilines is 1. The quantitative estimate of drug-likeness (QED) is 0.743. The van der Waals surface area contributed by atoms with Crippen molar-refractivity contribution in [3.8, 4) is 5.75 Å². The van der Waals surface area contributed by atoms with Gasteiger partial charge in [0, 0.05) is 10.2 Å². The highest BCUT2D eigenvalue weighted by atomic mass is 79.9. The Balaban J connectivity index is 1.69. The summed E-state index contributed by atoms with van der Waals surface area (Å²) in [4.78, 5) is 11.8. The number of carbonyl (C=O) groups excluding carboxylic acids is 1. The van der Waals surface area contributed by atoms with E-state index in [0.29, 0.717) is 6.54 Å².